The fourth-order valence-corrected chi connectivity index (χ4v) is 4.77. The second-order valence-electron chi connectivity index (χ2n) is 8.92. The van der Waals surface area contributed by atoms with Gasteiger partial charge in [-0.15, -0.1) is 0 Å². The fourth-order valence-electron chi connectivity index (χ4n) is 4.77. The number of benzene rings is 1. The molecule has 0 bridgehead atoms. The van der Waals surface area contributed by atoms with Crippen molar-refractivity contribution >= 4 is 11.7 Å². The van der Waals surface area contributed by atoms with E-state index in [1.54, 1.807) is 12.0 Å². The van der Waals surface area contributed by atoms with E-state index in [0.29, 0.717) is 32.5 Å². The van der Waals surface area contributed by atoms with Crippen LogP contribution >= 0.6 is 0 Å². The summed E-state index contributed by atoms with van der Waals surface area (Å²) in [6.07, 6.45) is -0.793. The first-order valence-corrected chi connectivity index (χ1v) is 11.8. The molecule has 2 aliphatic heterocycles. The van der Waals surface area contributed by atoms with E-state index in [2.05, 4.69) is 22.0 Å². The number of piperazine rings is 1. The van der Waals surface area contributed by atoms with Gasteiger partial charge < -0.3 is 14.5 Å². The molecule has 0 spiro atoms. The van der Waals surface area contributed by atoms with Crippen LogP contribution in [0, 0.1) is 5.92 Å². The molecule has 0 saturated carbocycles. The van der Waals surface area contributed by atoms with Gasteiger partial charge >= 0.3 is 6.18 Å². The minimum absolute atomic E-state index is 0.0454. The average Bonchev–Trinajstić information content (AvgIpc) is 2.87. The molecule has 4 rings (SSSR count). The Morgan fingerprint density at radius 3 is 2.50 bits per heavy atom. The number of hydrogen-bond acceptors (Lipinski definition) is 5. The third-order valence-corrected chi connectivity index (χ3v) is 6.72. The SMILES string of the molecule is COc1ccc(CCN2CCN(C(=O)C3CCCN(c4ncccc4C(F)(F)F)C3)CC2)cc1. The molecule has 1 amide bonds. The third-order valence-electron chi connectivity index (χ3n) is 6.72. The van der Waals surface area contributed by atoms with Crippen molar-refractivity contribution in [3.05, 3.63) is 53.7 Å². The van der Waals surface area contributed by atoms with Crippen molar-refractivity contribution < 1.29 is 22.7 Å². The lowest BCUT2D eigenvalue weighted by atomic mass is 9.95. The topological polar surface area (TPSA) is 48.9 Å². The van der Waals surface area contributed by atoms with Crippen molar-refractivity contribution in [1.82, 2.24) is 14.8 Å². The number of hydrogen-bond donors (Lipinski definition) is 0. The van der Waals surface area contributed by atoms with Crippen LogP contribution < -0.4 is 9.64 Å². The Morgan fingerprint density at radius 2 is 1.82 bits per heavy atom. The summed E-state index contributed by atoms with van der Waals surface area (Å²) in [5, 5.41) is 0. The van der Waals surface area contributed by atoms with Crippen molar-refractivity contribution in [3.63, 3.8) is 0 Å². The maximum atomic E-state index is 13.4. The summed E-state index contributed by atoms with van der Waals surface area (Å²) < 4.78 is 45.5. The number of ether oxygens (including phenoxy) is 1. The normalized spacial score (nSPS) is 19.8. The fraction of sp³-hybridized carbons (Fsp3) is 0.520. The molecular weight excluding hydrogens is 445 g/mol. The summed E-state index contributed by atoms with van der Waals surface area (Å²) in [6.45, 7) is 4.57. The van der Waals surface area contributed by atoms with Crippen molar-refractivity contribution in [1.29, 1.82) is 0 Å². The molecular formula is C25H31F3N4O2. The first kappa shape index (κ1) is 24.3. The summed E-state index contributed by atoms with van der Waals surface area (Å²) in [7, 11) is 1.65. The molecule has 2 saturated heterocycles. The predicted octanol–water partition coefficient (Wildman–Crippen LogP) is 3.71. The minimum Gasteiger partial charge on any atom is -0.497 e. The summed E-state index contributed by atoms with van der Waals surface area (Å²) in [6, 6.07) is 10.4. The summed E-state index contributed by atoms with van der Waals surface area (Å²) in [4.78, 5) is 23.0. The van der Waals surface area contributed by atoms with E-state index < -0.39 is 11.7 Å². The Morgan fingerprint density at radius 1 is 1.09 bits per heavy atom. The maximum Gasteiger partial charge on any atom is 0.419 e. The van der Waals surface area contributed by atoms with E-state index in [-0.39, 0.29) is 24.2 Å². The molecule has 2 fully saturated rings. The van der Waals surface area contributed by atoms with Crippen LogP contribution in [0.4, 0.5) is 19.0 Å². The van der Waals surface area contributed by atoms with Crippen molar-refractivity contribution in [2.45, 2.75) is 25.4 Å². The molecule has 1 unspecified atom stereocenters. The molecule has 0 radical (unpaired) electrons. The second-order valence-corrected chi connectivity index (χ2v) is 8.92. The van der Waals surface area contributed by atoms with Gasteiger partial charge in [0.25, 0.3) is 0 Å². The van der Waals surface area contributed by atoms with Crippen LogP contribution in [0.25, 0.3) is 0 Å². The quantitative estimate of drug-likeness (QED) is 0.636. The van der Waals surface area contributed by atoms with Gasteiger partial charge in [-0.25, -0.2) is 4.98 Å². The average molecular weight is 477 g/mol. The van der Waals surface area contributed by atoms with Crippen molar-refractivity contribution in [2.24, 2.45) is 5.92 Å². The van der Waals surface area contributed by atoms with Gasteiger partial charge in [0.15, 0.2) is 0 Å². The number of alkyl halides is 3. The molecule has 6 nitrogen and oxygen atoms in total. The highest BCUT2D eigenvalue weighted by Gasteiger charge is 2.38. The van der Waals surface area contributed by atoms with E-state index in [9.17, 15) is 18.0 Å². The van der Waals surface area contributed by atoms with Gasteiger partial charge in [0.05, 0.1) is 18.6 Å². The van der Waals surface area contributed by atoms with Crippen LogP contribution in [-0.4, -0.2) is 73.6 Å². The van der Waals surface area contributed by atoms with Gasteiger partial charge in [-0.05, 0) is 49.1 Å². The van der Waals surface area contributed by atoms with Crippen molar-refractivity contribution in [2.75, 3.05) is 57.8 Å². The third kappa shape index (κ3) is 5.81. The number of aromatic nitrogens is 1. The molecule has 1 aromatic heterocycles. The number of carbonyl (C=O) groups excluding carboxylic acids is 1. The summed E-state index contributed by atoms with van der Waals surface area (Å²) in [5.41, 5.74) is 0.503. The van der Waals surface area contributed by atoms with E-state index in [1.165, 1.54) is 17.8 Å². The van der Waals surface area contributed by atoms with Gasteiger partial charge in [-0.1, -0.05) is 12.1 Å². The number of nitrogens with zero attached hydrogens (tertiary/aromatic N) is 4. The van der Waals surface area contributed by atoms with Crippen LogP contribution in [-0.2, 0) is 17.4 Å². The van der Waals surface area contributed by atoms with Crippen LogP contribution in [0.3, 0.4) is 0 Å². The first-order chi connectivity index (χ1) is 16.3. The molecule has 2 aromatic rings. The molecule has 0 aliphatic carbocycles. The zero-order chi connectivity index (χ0) is 24.1. The van der Waals surface area contributed by atoms with Crippen molar-refractivity contribution in [3.8, 4) is 5.75 Å². The molecule has 1 aromatic carbocycles. The molecule has 2 aliphatic rings. The highest BCUT2D eigenvalue weighted by Crippen LogP contribution is 2.36. The largest absolute Gasteiger partial charge is 0.497 e. The highest BCUT2D eigenvalue weighted by molar-refractivity contribution is 5.80. The second kappa shape index (κ2) is 10.6. The van der Waals surface area contributed by atoms with Crippen LogP contribution in [0.2, 0.25) is 0 Å². The number of halogens is 3. The maximum absolute atomic E-state index is 13.4. The summed E-state index contributed by atoms with van der Waals surface area (Å²) >= 11 is 0. The number of rotatable bonds is 6. The Bertz CT molecular complexity index is 959. The van der Waals surface area contributed by atoms with Gasteiger partial charge in [0, 0.05) is 52.0 Å². The summed E-state index contributed by atoms with van der Waals surface area (Å²) in [5.74, 6) is 0.511. The van der Waals surface area contributed by atoms with Gasteiger partial charge in [-0.3, -0.25) is 9.69 Å². The molecule has 0 N–H and O–H groups in total. The van der Waals surface area contributed by atoms with E-state index in [4.69, 9.17) is 4.74 Å². The lowest BCUT2D eigenvalue weighted by molar-refractivity contribution is -0.137. The Balaban J connectivity index is 1.29. The van der Waals surface area contributed by atoms with Gasteiger partial charge in [0.1, 0.15) is 11.6 Å². The Hall–Kier alpha value is -2.81. The van der Waals surface area contributed by atoms with Crippen LogP contribution in [0.5, 0.6) is 5.75 Å². The van der Waals surface area contributed by atoms with Gasteiger partial charge in [-0.2, -0.15) is 13.2 Å². The lowest BCUT2D eigenvalue weighted by Crippen LogP contribution is -2.53. The molecule has 9 heteroatoms. The number of piperidine rings is 1. The number of methoxy groups -OCH3 is 1. The predicted molar refractivity (Wildman–Crippen MR) is 124 cm³/mol. The number of carbonyl (C=O) groups is 1. The standard InChI is InChI=1S/C25H31F3N4O2/c1-34-21-8-6-19(7-9-21)10-13-30-14-16-31(17-15-30)24(33)20-4-3-12-32(18-20)23-22(25(26,27)28)5-2-11-29-23/h2,5-9,11,20H,3-4,10,12-18H2,1H3. The smallest absolute Gasteiger partial charge is 0.419 e. The number of anilines is 1. The number of pyridine rings is 1. The molecule has 1 atom stereocenters. The molecule has 184 valence electrons. The minimum atomic E-state index is -4.47. The Kier molecular flexibility index (Phi) is 7.60. The van der Waals surface area contributed by atoms with Crippen LogP contribution in [0.1, 0.15) is 24.0 Å². The highest BCUT2D eigenvalue weighted by atomic mass is 19.4. The zero-order valence-corrected chi connectivity index (χ0v) is 19.4. The Labute approximate surface area is 198 Å². The molecule has 34 heavy (non-hydrogen) atoms. The zero-order valence-electron chi connectivity index (χ0n) is 19.4. The van der Waals surface area contributed by atoms with Gasteiger partial charge in [0.2, 0.25) is 5.91 Å². The first-order valence-electron chi connectivity index (χ1n) is 11.8. The monoisotopic (exact) mass is 476 g/mol. The molecule has 3 heterocycles. The van der Waals surface area contributed by atoms with Crippen LogP contribution in [0.15, 0.2) is 42.6 Å². The van der Waals surface area contributed by atoms with E-state index in [0.717, 1.165) is 37.9 Å². The van der Waals surface area contributed by atoms with E-state index in [1.807, 2.05) is 17.0 Å². The van der Waals surface area contributed by atoms with E-state index >= 15 is 0 Å². The lowest BCUT2D eigenvalue weighted by Gasteiger charge is -2.39. The number of amides is 1.